The van der Waals surface area contributed by atoms with Crippen molar-refractivity contribution < 1.29 is 17.9 Å². The van der Waals surface area contributed by atoms with Gasteiger partial charge in [-0.2, -0.15) is 5.26 Å². The first kappa shape index (κ1) is 26.1. The molecule has 0 aromatic heterocycles. The van der Waals surface area contributed by atoms with Crippen molar-refractivity contribution in [3.63, 3.8) is 0 Å². The molecular weight excluding hydrogens is 507 g/mol. The summed E-state index contributed by atoms with van der Waals surface area (Å²) in [6, 6.07) is 13.8. The van der Waals surface area contributed by atoms with E-state index in [0.29, 0.717) is 28.8 Å². The van der Waals surface area contributed by atoms with Gasteiger partial charge in [0.05, 0.1) is 29.3 Å². The van der Waals surface area contributed by atoms with Crippen molar-refractivity contribution in [3.8, 4) is 17.6 Å². The van der Waals surface area contributed by atoms with Gasteiger partial charge in [0.2, 0.25) is 10.0 Å². The largest absolute Gasteiger partial charge is 0.493 e. The van der Waals surface area contributed by atoms with Gasteiger partial charge in [-0.3, -0.25) is 0 Å². The van der Waals surface area contributed by atoms with Gasteiger partial charge >= 0.3 is 0 Å². The smallest absolute Gasteiger partial charge is 0.209 e. The predicted molar refractivity (Wildman–Crippen MR) is 138 cm³/mol. The van der Waals surface area contributed by atoms with Crippen molar-refractivity contribution in [2.75, 3.05) is 25.3 Å². The lowest BCUT2D eigenvalue weighted by Gasteiger charge is -2.47. The lowest BCUT2D eigenvalue weighted by atomic mass is 9.66. The molecular formula is C26H30Cl2N2O4S. The molecule has 0 unspecified atom stereocenters. The third-order valence-electron chi connectivity index (χ3n) is 7.29. The van der Waals surface area contributed by atoms with E-state index in [1.54, 1.807) is 0 Å². The summed E-state index contributed by atoms with van der Waals surface area (Å²) in [7, 11) is -3.21. The summed E-state index contributed by atoms with van der Waals surface area (Å²) in [6.07, 6.45) is 4.70. The molecule has 3 aliphatic carbocycles. The molecule has 35 heavy (non-hydrogen) atoms. The second-order valence-electron chi connectivity index (χ2n) is 10.4. The number of nitrogens with zero attached hydrogens (tertiary/aromatic N) is 1. The normalized spacial score (nSPS) is 23.4. The molecule has 0 saturated heterocycles. The number of nitrogens with one attached hydrogen (secondary N) is 1. The monoisotopic (exact) mass is 536 g/mol. The van der Waals surface area contributed by atoms with Crippen LogP contribution in [0.2, 0.25) is 5.02 Å². The summed E-state index contributed by atoms with van der Waals surface area (Å²) in [5.74, 6) is 1.44. The van der Waals surface area contributed by atoms with Crippen molar-refractivity contribution in [1.82, 2.24) is 4.72 Å². The first-order valence-corrected chi connectivity index (χ1v) is 14.4. The molecule has 6 nitrogen and oxygen atoms in total. The first-order chi connectivity index (χ1) is 16.4. The average Bonchev–Trinajstić information content (AvgIpc) is 3.30. The molecule has 188 valence electrons. The van der Waals surface area contributed by atoms with Crippen LogP contribution in [0.15, 0.2) is 36.4 Å². The molecule has 5 rings (SSSR count). The number of rotatable bonds is 10. The first-order valence-electron chi connectivity index (χ1n) is 11.6. The molecule has 0 amide bonds. The molecule has 3 aliphatic rings. The molecule has 9 heteroatoms. The highest BCUT2D eigenvalue weighted by molar-refractivity contribution is 7.88. The maximum atomic E-state index is 11.7. The fourth-order valence-corrected chi connectivity index (χ4v) is 7.01. The number of nitriles is 1. The summed E-state index contributed by atoms with van der Waals surface area (Å²) in [4.78, 5) is 0. The van der Waals surface area contributed by atoms with Gasteiger partial charge in [0, 0.05) is 16.4 Å². The number of halogens is 2. The molecule has 3 saturated carbocycles. The highest BCUT2D eigenvalue weighted by atomic mass is 35.5. The third-order valence-corrected chi connectivity index (χ3v) is 8.53. The lowest BCUT2D eigenvalue weighted by molar-refractivity contribution is 0.0448. The standard InChI is InChI=1S/C26H30Cl2N2O4S/c1-24(2,20-12-18(14-29)23(22(28)13-20)33-11-10-27)19-4-6-21(7-5-19)34-17-25-8-9-26(15-25,16-25)30-35(3,31)32/h4-7,12-13,30H,8-11,15-17H2,1-3H3. The van der Waals surface area contributed by atoms with Crippen LogP contribution in [0.1, 0.15) is 56.2 Å². The zero-order valence-corrected chi connectivity index (χ0v) is 22.5. The van der Waals surface area contributed by atoms with Crippen LogP contribution in [0.25, 0.3) is 0 Å². The average molecular weight is 538 g/mol. The fraction of sp³-hybridized carbons (Fsp3) is 0.500. The minimum absolute atomic E-state index is 0.0490. The van der Waals surface area contributed by atoms with Crippen molar-refractivity contribution >= 4 is 33.2 Å². The SMILES string of the molecule is CC(C)(c1ccc(OCC23CCC(NS(C)(=O)=O)(C2)C3)cc1)c1cc(Cl)c(OCCCl)c(C#N)c1. The van der Waals surface area contributed by atoms with E-state index in [-0.39, 0.29) is 17.6 Å². The van der Waals surface area contributed by atoms with Crippen LogP contribution < -0.4 is 14.2 Å². The summed E-state index contributed by atoms with van der Waals surface area (Å²) in [5.41, 5.74) is 1.70. The van der Waals surface area contributed by atoms with E-state index in [0.717, 1.165) is 42.6 Å². The summed E-state index contributed by atoms with van der Waals surface area (Å²) >= 11 is 12.2. The summed E-state index contributed by atoms with van der Waals surface area (Å²) in [6.45, 7) is 5.01. The fourth-order valence-electron chi connectivity index (χ4n) is 5.63. The molecule has 2 bridgehead atoms. The van der Waals surface area contributed by atoms with Crippen molar-refractivity contribution in [3.05, 3.63) is 58.1 Å². The number of hydrogen-bond acceptors (Lipinski definition) is 5. The van der Waals surface area contributed by atoms with Crippen LogP contribution in [0.3, 0.4) is 0 Å². The molecule has 0 spiro atoms. The van der Waals surface area contributed by atoms with Gasteiger partial charge < -0.3 is 9.47 Å². The Morgan fingerprint density at radius 1 is 1.11 bits per heavy atom. The Morgan fingerprint density at radius 2 is 1.80 bits per heavy atom. The Morgan fingerprint density at radius 3 is 2.40 bits per heavy atom. The highest BCUT2D eigenvalue weighted by Gasteiger charge is 2.62. The van der Waals surface area contributed by atoms with Gasteiger partial charge in [-0.05, 0) is 61.1 Å². The van der Waals surface area contributed by atoms with E-state index < -0.39 is 15.4 Å². The summed E-state index contributed by atoms with van der Waals surface area (Å²) < 4.78 is 37.8. The number of sulfonamides is 1. The predicted octanol–water partition coefficient (Wildman–Crippen LogP) is 5.40. The quantitative estimate of drug-likeness (QED) is 0.411. The lowest BCUT2D eigenvalue weighted by Crippen LogP contribution is -2.56. The van der Waals surface area contributed by atoms with Gasteiger partial charge in [0.1, 0.15) is 18.4 Å². The molecule has 1 N–H and O–H groups in total. The molecule has 2 aromatic rings. The topological polar surface area (TPSA) is 88.4 Å². The molecule has 0 radical (unpaired) electrons. The minimum Gasteiger partial charge on any atom is -0.493 e. The van der Waals surface area contributed by atoms with Gasteiger partial charge in [-0.1, -0.05) is 37.6 Å². The van der Waals surface area contributed by atoms with E-state index in [1.165, 1.54) is 6.26 Å². The minimum atomic E-state index is -3.21. The van der Waals surface area contributed by atoms with Crippen molar-refractivity contribution in [2.45, 2.75) is 50.5 Å². The van der Waals surface area contributed by atoms with Gasteiger partial charge in [-0.25, -0.2) is 13.1 Å². The second kappa shape index (κ2) is 9.48. The summed E-state index contributed by atoms with van der Waals surface area (Å²) in [5, 5.41) is 10.00. The molecule has 0 atom stereocenters. The highest BCUT2D eigenvalue weighted by Crippen LogP contribution is 2.61. The zero-order chi connectivity index (χ0) is 25.5. The van der Waals surface area contributed by atoms with Crippen LogP contribution >= 0.6 is 23.2 Å². The van der Waals surface area contributed by atoms with Gasteiger partial charge in [0.25, 0.3) is 0 Å². The number of hydrogen-bond donors (Lipinski definition) is 1. The van der Waals surface area contributed by atoms with Crippen LogP contribution in [0, 0.1) is 16.7 Å². The Balaban J connectivity index is 1.43. The van der Waals surface area contributed by atoms with Crippen molar-refractivity contribution in [2.24, 2.45) is 5.41 Å². The number of benzene rings is 2. The molecule has 3 fully saturated rings. The second-order valence-corrected chi connectivity index (χ2v) is 13.0. The number of fused-ring (bicyclic) bond motifs is 1. The van der Waals surface area contributed by atoms with Crippen LogP contribution in [-0.4, -0.2) is 39.3 Å². The van der Waals surface area contributed by atoms with Gasteiger partial charge in [-0.15, -0.1) is 11.6 Å². The number of ether oxygens (including phenoxy) is 2. The Bertz CT molecular complexity index is 1250. The van der Waals surface area contributed by atoms with Crippen LogP contribution in [0.5, 0.6) is 11.5 Å². The van der Waals surface area contributed by atoms with E-state index in [9.17, 15) is 13.7 Å². The molecule has 0 aliphatic heterocycles. The maximum Gasteiger partial charge on any atom is 0.209 e. The van der Waals surface area contributed by atoms with E-state index in [1.807, 2.05) is 36.4 Å². The zero-order valence-electron chi connectivity index (χ0n) is 20.2. The van der Waals surface area contributed by atoms with Crippen LogP contribution in [0.4, 0.5) is 0 Å². The molecule has 2 aromatic carbocycles. The van der Waals surface area contributed by atoms with Gasteiger partial charge in [0.15, 0.2) is 5.75 Å². The number of alkyl halides is 1. The Labute approximate surface area is 217 Å². The maximum absolute atomic E-state index is 11.7. The molecule has 0 heterocycles. The third kappa shape index (κ3) is 5.41. The van der Waals surface area contributed by atoms with E-state index >= 15 is 0 Å². The Hall–Kier alpha value is -1.98. The van der Waals surface area contributed by atoms with Crippen LogP contribution in [-0.2, 0) is 15.4 Å². The van der Waals surface area contributed by atoms with Crippen molar-refractivity contribution in [1.29, 1.82) is 5.26 Å². The van der Waals surface area contributed by atoms with E-state index in [2.05, 4.69) is 24.6 Å². The Kier molecular flexibility index (Phi) is 7.07. The van der Waals surface area contributed by atoms with E-state index in [4.69, 9.17) is 32.7 Å².